The molecule has 2 atom stereocenters. The summed E-state index contributed by atoms with van der Waals surface area (Å²) in [6.45, 7) is 2.05. The smallest absolute Gasteiger partial charge is 0.184 e. The number of fused-ring (bicyclic) bond motifs is 1. The molecule has 0 N–H and O–H groups in total. The number of aromatic nitrogens is 2. The third-order valence-corrected chi connectivity index (χ3v) is 4.53. The van der Waals surface area contributed by atoms with Crippen LogP contribution in [0.25, 0.3) is 11.0 Å². The zero-order valence-electron chi connectivity index (χ0n) is 10.5. The highest BCUT2D eigenvalue weighted by molar-refractivity contribution is 7.84. The Morgan fingerprint density at radius 3 is 2.74 bits per heavy atom. The minimum atomic E-state index is -1.07. The number of nitrogens with zero attached hydrogens (tertiary/aromatic N) is 2. The highest BCUT2D eigenvalue weighted by Gasteiger charge is 2.19. The summed E-state index contributed by atoms with van der Waals surface area (Å²) in [5, 5.41) is -0.206. The molecule has 0 radical (unpaired) electrons. The summed E-state index contributed by atoms with van der Waals surface area (Å²) in [6.07, 6.45) is 1.57. The van der Waals surface area contributed by atoms with Gasteiger partial charge in [-0.2, -0.15) is 0 Å². The van der Waals surface area contributed by atoms with Gasteiger partial charge in [-0.05, 0) is 19.1 Å². The first-order valence-electron chi connectivity index (χ1n) is 5.67. The van der Waals surface area contributed by atoms with Crippen LogP contribution >= 0.6 is 11.6 Å². The van der Waals surface area contributed by atoms with Gasteiger partial charge in [-0.1, -0.05) is 0 Å². The number of imidazole rings is 1. The minimum Gasteiger partial charge on any atom is -0.323 e. The Hall–Kier alpha value is -1.01. The topological polar surface area (TPSA) is 34.9 Å². The van der Waals surface area contributed by atoms with E-state index in [0.29, 0.717) is 11.3 Å². The van der Waals surface area contributed by atoms with Crippen LogP contribution in [0.4, 0.5) is 8.78 Å². The van der Waals surface area contributed by atoms with E-state index in [0.717, 1.165) is 6.07 Å². The Balaban J connectivity index is 2.62. The molecular weight excluding hydrogens is 294 g/mol. The van der Waals surface area contributed by atoms with E-state index in [1.54, 1.807) is 13.2 Å². The molecule has 2 unspecified atom stereocenters. The largest absolute Gasteiger partial charge is 0.323 e. The molecule has 1 heterocycles. The lowest BCUT2D eigenvalue weighted by Gasteiger charge is -2.12. The molecule has 19 heavy (non-hydrogen) atoms. The molecule has 0 aliphatic heterocycles. The van der Waals surface area contributed by atoms with Crippen molar-refractivity contribution in [2.75, 3.05) is 6.26 Å². The van der Waals surface area contributed by atoms with Crippen LogP contribution in [0.5, 0.6) is 0 Å². The Bertz CT molecular complexity index is 644. The van der Waals surface area contributed by atoms with Gasteiger partial charge in [0.05, 0.1) is 11.4 Å². The predicted octanol–water partition coefficient (Wildman–Crippen LogP) is 2.82. The maximum atomic E-state index is 13.9. The number of benzene rings is 1. The lowest BCUT2D eigenvalue weighted by Crippen LogP contribution is -2.19. The molecule has 0 bridgehead atoms. The van der Waals surface area contributed by atoms with Gasteiger partial charge < -0.3 is 4.57 Å². The van der Waals surface area contributed by atoms with Crippen molar-refractivity contribution < 1.29 is 13.0 Å². The molecule has 1 aromatic carbocycles. The molecule has 0 saturated heterocycles. The Morgan fingerprint density at radius 2 is 2.16 bits per heavy atom. The van der Waals surface area contributed by atoms with E-state index in [4.69, 9.17) is 11.6 Å². The Labute approximate surface area is 117 Å². The van der Waals surface area contributed by atoms with E-state index in [-0.39, 0.29) is 23.2 Å². The van der Waals surface area contributed by atoms with Crippen molar-refractivity contribution in [1.82, 2.24) is 9.55 Å². The second-order valence-electron chi connectivity index (χ2n) is 4.31. The molecule has 0 fully saturated rings. The van der Waals surface area contributed by atoms with Crippen LogP contribution < -0.4 is 0 Å². The first-order chi connectivity index (χ1) is 8.95. The number of halogens is 3. The lowest BCUT2D eigenvalue weighted by atomic mass is 10.3. The summed E-state index contributed by atoms with van der Waals surface area (Å²) in [5.74, 6) is -1.35. The quantitative estimate of drug-likeness (QED) is 0.814. The highest BCUT2D eigenvalue weighted by atomic mass is 35.5. The summed E-state index contributed by atoms with van der Waals surface area (Å²) in [6, 6.07) is 2.45. The fourth-order valence-electron chi connectivity index (χ4n) is 1.87. The molecule has 0 spiro atoms. The van der Waals surface area contributed by atoms with Crippen molar-refractivity contribution >= 4 is 33.4 Å². The summed E-state index contributed by atoms with van der Waals surface area (Å²) in [4.78, 5) is 4.17. The van der Waals surface area contributed by atoms with Crippen molar-refractivity contribution in [2.45, 2.75) is 24.6 Å². The van der Waals surface area contributed by atoms with Crippen molar-refractivity contribution in [2.24, 2.45) is 0 Å². The third-order valence-electron chi connectivity index (χ3n) is 3.00. The van der Waals surface area contributed by atoms with Gasteiger partial charge in [0.15, 0.2) is 11.6 Å². The summed E-state index contributed by atoms with van der Waals surface area (Å²) in [5.41, 5.74) is 0.427. The molecule has 1 aromatic heterocycles. The fraction of sp³-hybridized carbons (Fsp3) is 0.417. The average molecular weight is 307 g/mol. The molecule has 0 saturated carbocycles. The van der Waals surface area contributed by atoms with Crippen molar-refractivity contribution in [3.8, 4) is 0 Å². The van der Waals surface area contributed by atoms with Crippen molar-refractivity contribution in [3.05, 3.63) is 29.6 Å². The van der Waals surface area contributed by atoms with Crippen LogP contribution in [-0.4, -0.2) is 25.3 Å². The maximum Gasteiger partial charge on any atom is 0.184 e. The summed E-state index contributed by atoms with van der Waals surface area (Å²) >= 11 is 5.78. The third kappa shape index (κ3) is 2.65. The first kappa shape index (κ1) is 14.4. The van der Waals surface area contributed by atoms with Crippen LogP contribution in [0, 0.1) is 11.6 Å². The molecule has 104 valence electrons. The van der Waals surface area contributed by atoms with E-state index in [9.17, 15) is 13.0 Å². The number of hydrogen-bond acceptors (Lipinski definition) is 2. The second-order valence-corrected chi connectivity index (χ2v) is 6.38. The van der Waals surface area contributed by atoms with E-state index in [1.165, 1.54) is 10.6 Å². The zero-order valence-corrected chi connectivity index (χ0v) is 12.1. The standard InChI is InChI=1S/C12H13ClF2N2OS/c1-7(19(2)18)6-17-10(5-13)16-9-4-3-8(14)11(15)12(9)17/h3-4,7H,5-6H2,1-2H3. The Kier molecular flexibility index (Phi) is 4.20. The SMILES string of the molecule is CC(Cn1c(CCl)nc2ccc(F)c(F)c21)S(C)=O. The van der Waals surface area contributed by atoms with Crippen LogP contribution in [0.3, 0.4) is 0 Å². The first-order valence-corrected chi connectivity index (χ1v) is 7.82. The normalized spacial score (nSPS) is 14.8. The van der Waals surface area contributed by atoms with Crippen LogP contribution in [-0.2, 0) is 23.2 Å². The Morgan fingerprint density at radius 1 is 1.47 bits per heavy atom. The minimum absolute atomic E-state index is 0.0768. The van der Waals surface area contributed by atoms with E-state index in [1.807, 2.05) is 0 Å². The van der Waals surface area contributed by atoms with E-state index < -0.39 is 22.4 Å². The lowest BCUT2D eigenvalue weighted by molar-refractivity contribution is 0.510. The summed E-state index contributed by atoms with van der Waals surface area (Å²) in [7, 11) is -1.07. The number of rotatable bonds is 4. The molecule has 0 aliphatic rings. The van der Waals surface area contributed by atoms with Crippen LogP contribution in [0.2, 0.25) is 0 Å². The molecule has 2 aromatic rings. The second kappa shape index (κ2) is 5.54. The fourth-order valence-corrected chi connectivity index (χ4v) is 2.43. The monoisotopic (exact) mass is 306 g/mol. The predicted molar refractivity (Wildman–Crippen MR) is 72.7 cm³/mol. The highest BCUT2D eigenvalue weighted by Crippen LogP contribution is 2.23. The maximum absolute atomic E-state index is 13.9. The summed E-state index contributed by atoms with van der Waals surface area (Å²) < 4.78 is 40.2. The van der Waals surface area contributed by atoms with Crippen molar-refractivity contribution in [1.29, 1.82) is 0 Å². The molecule has 0 aliphatic carbocycles. The van der Waals surface area contributed by atoms with Crippen molar-refractivity contribution in [3.63, 3.8) is 0 Å². The van der Waals surface area contributed by atoms with Crippen LogP contribution in [0.15, 0.2) is 12.1 Å². The molecule has 7 heteroatoms. The average Bonchev–Trinajstić information content (AvgIpc) is 2.72. The number of hydrogen-bond donors (Lipinski definition) is 0. The van der Waals surface area contributed by atoms with Crippen LogP contribution in [0.1, 0.15) is 12.7 Å². The molecular formula is C12H13ClF2N2OS. The van der Waals surface area contributed by atoms with Gasteiger partial charge in [-0.15, -0.1) is 11.6 Å². The van der Waals surface area contributed by atoms with Gasteiger partial charge >= 0.3 is 0 Å². The number of alkyl halides is 1. The van der Waals surface area contributed by atoms with Gasteiger partial charge in [0, 0.05) is 28.9 Å². The van der Waals surface area contributed by atoms with E-state index >= 15 is 0 Å². The van der Waals surface area contributed by atoms with Gasteiger partial charge in [0.2, 0.25) is 0 Å². The van der Waals surface area contributed by atoms with Gasteiger partial charge in [-0.3, -0.25) is 4.21 Å². The van der Waals surface area contributed by atoms with Gasteiger partial charge in [0.25, 0.3) is 0 Å². The molecule has 0 amide bonds. The zero-order chi connectivity index (χ0) is 14.2. The van der Waals surface area contributed by atoms with E-state index in [2.05, 4.69) is 4.98 Å². The van der Waals surface area contributed by atoms with Gasteiger partial charge in [-0.25, -0.2) is 13.8 Å². The van der Waals surface area contributed by atoms with Gasteiger partial charge in [0.1, 0.15) is 11.3 Å². The molecule has 3 nitrogen and oxygen atoms in total. The molecule has 2 rings (SSSR count).